The van der Waals surface area contributed by atoms with Crippen molar-refractivity contribution in [3.8, 4) is 0 Å². The van der Waals surface area contributed by atoms with Gasteiger partial charge in [0.15, 0.2) is 0 Å². The van der Waals surface area contributed by atoms with Crippen molar-refractivity contribution >= 4 is 11.6 Å². The lowest BCUT2D eigenvalue weighted by Gasteiger charge is -2.56. The van der Waals surface area contributed by atoms with Crippen LogP contribution in [-0.4, -0.2) is 50.2 Å². The molecule has 1 amide bonds. The van der Waals surface area contributed by atoms with Gasteiger partial charge >= 0.3 is 0 Å². The van der Waals surface area contributed by atoms with Crippen molar-refractivity contribution in [2.75, 3.05) is 44.3 Å². The van der Waals surface area contributed by atoms with Crippen molar-refractivity contribution < 1.29 is 9.53 Å². The summed E-state index contributed by atoms with van der Waals surface area (Å²) in [6.07, 6.45) is 7.55. The zero-order valence-corrected chi connectivity index (χ0v) is 16.3. The van der Waals surface area contributed by atoms with Gasteiger partial charge in [-0.15, -0.1) is 0 Å². The Balaban J connectivity index is 1.37. The highest BCUT2D eigenvalue weighted by Gasteiger charge is 2.55. The molecule has 0 unspecified atom stereocenters. The second-order valence-corrected chi connectivity index (χ2v) is 9.44. The molecule has 1 aliphatic heterocycles. The molecule has 1 heterocycles. The van der Waals surface area contributed by atoms with E-state index < -0.39 is 0 Å². The SMILES string of the molecule is O=C(N(CCN1CCOCC1)c1ccccc1)C12CC3CC(CC(C3)C1)C2. The molecule has 4 nitrogen and oxygen atoms in total. The van der Waals surface area contributed by atoms with Crippen LogP contribution in [0.25, 0.3) is 0 Å². The Morgan fingerprint density at radius 3 is 2.19 bits per heavy atom. The number of ether oxygens (including phenoxy) is 1. The highest BCUT2D eigenvalue weighted by atomic mass is 16.5. The molecule has 1 aromatic carbocycles. The first-order valence-electron chi connectivity index (χ1n) is 10.9. The molecule has 5 aliphatic rings. The molecule has 0 N–H and O–H groups in total. The van der Waals surface area contributed by atoms with Gasteiger partial charge in [-0.3, -0.25) is 9.69 Å². The number of benzene rings is 1. The monoisotopic (exact) mass is 368 g/mol. The molecule has 0 aromatic heterocycles. The van der Waals surface area contributed by atoms with Crippen LogP contribution >= 0.6 is 0 Å². The van der Waals surface area contributed by atoms with Crippen LogP contribution in [0.3, 0.4) is 0 Å². The van der Waals surface area contributed by atoms with Crippen molar-refractivity contribution in [3.63, 3.8) is 0 Å². The fourth-order valence-corrected chi connectivity index (χ4v) is 6.68. The minimum Gasteiger partial charge on any atom is -0.379 e. The molecule has 5 fully saturated rings. The lowest BCUT2D eigenvalue weighted by atomic mass is 9.49. The van der Waals surface area contributed by atoms with Gasteiger partial charge in [0.2, 0.25) is 5.91 Å². The zero-order chi connectivity index (χ0) is 18.3. The number of carbonyl (C=O) groups is 1. The largest absolute Gasteiger partial charge is 0.379 e. The lowest BCUT2D eigenvalue weighted by molar-refractivity contribution is -0.143. The maximum Gasteiger partial charge on any atom is 0.233 e. The highest BCUT2D eigenvalue weighted by Crippen LogP contribution is 2.60. The van der Waals surface area contributed by atoms with E-state index in [2.05, 4.69) is 34.1 Å². The quantitative estimate of drug-likeness (QED) is 0.797. The molecule has 0 radical (unpaired) electrons. The molecular weight excluding hydrogens is 336 g/mol. The molecule has 4 saturated carbocycles. The number of nitrogens with zero attached hydrogens (tertiary/aromatic N) is 2. The van der Waals surface area contributed by atoms with Crippen LogP contribution in [0.1, 0.15) is 38.5 Å². The molecule has 4 heteroatoms. The first-order valence-corrected chi connectivity index (χ1v) is 10.9. The zero-order valence-electron chi connectivity index (χ0n) is 16.3. The van der Waals surface area contributed by atoms with Gasteiger partial charge in [-0.1, -0.05) is 18.2 Å². The Bertz CT molecular complexity index is 633. The van der Waals surface area contributed by atoms with Gasteiger partial charge in [0.1, 0.15) is 0 Å². The normalized spacial score (nSPS) is 35.3. The van der Waals surface area contributed by atoms with E-state index >= 15 is 0 Å². The predicted molar refractivity (Wildman–Crippen MR) is 107 cm³/mol. The summed E-state index contributed by atoms with van der Waals surface area (Å²) in [5, 5.41) is 0. The Labute approximate surface area is 162 Å². The Morgan fingerprint density at radius 1 is 1.00 bits per heavy atom. The van der Waals surface area contributed by atoms with Crippen molar-refractivity contribution in [3.05, 3.63) is 30.3 Å². The number of carbonyl (C=O) groups excluding carboxylic acids is 1. The maximum atomic E-state index is 14.0. The van der Waals surface area contributed by atoms with Crippen LogP contribution < -0.4 is 4.90 Å². The van der Waals surface area contributed by atoms with Gasteiger partial charge in [-0.25, -0.2) is 0 Å². The average molecular weight is 369 g/mol. The molecule has 0 atom stereocenters. The van der Waals surface area contributed by atoms with Crippen molar-refractivity contribution in [1.82, 2.24) is 4.90 Å². The Kier molecular flexibility index (Phi) is 4.73. The highest BCUT2D eigenvalue weighted by molar-refractivity contribution is 5.98. The number of amides is 1. The summed E-state index contributed by atoms with van der Waals surface area (Å²) >= 11 is 0. The molecule has 4 bridgehead atoms. The van der Waals surface area contributed by atoms with Crippen LogP contribution in [0.5, 0.6) is 0 Å². The standard InChI is InChI=1S/C23H32N2O2/c26-22(23-15-18-12-19(16-23)14-20(13-18)17-23)25(21-4-2-1-3-5-21)7-6-24-8-10-27-11-9-24/h1-5,18-20H,6-17H2. The fraction of sp³-hybridized carbons (Fsp3) is 0.696. The first-order chi connectivity index (χ1) is 13.2. The second-order valence-electron chi connectivity index (χ2n) is 9.44. The predicted octanol–water partition coefficient (Wildman–Crippen LogP) is 3.57. The van der Waals surface area contributed by atoms with Gasteiger partial charge in [0.05, 0.1) is 18.6 Å². The Hall–Kier alpha value is -1.39. The van der Waals surface area contributed by atoms with Crippen LogP contribution in [-0.2, 0) is 9.53 Å². The summed E-state index contributed by atoms with van der Waals surface area (Å²) in [5.74, 6) is 2.83. The van der Waals surface area contributed by atoms with Crippen LogP contribution in [0, 0.1) is 23.2 Å². The second kappa shape index (κ2) is 7.21. The van der Waals surface area contributed by atoms with Gasteiger partial charge in [-0.2, -0.15) is 0 Å². The molecule has 1 aromatic rings. The van der Waals surface area contributed by atoms with Crippen molar-refractivity contribution in [2.24, 2.45) is 23.2 Å². The summed E-state index contributed by atoms with van der Waals surface area (Å²) in [7, 11) is 0. The van der Waals surface area contributed by atoms with Crippen molar-refractivity contribution in [2.45, 2.75) is 38.5 Å². The van der Waals surface area contributed by atoms with Gasteiger partial charge in [-0.05, 0) is 68.4 Å². The van der Waals surface area contributed by atoms with E-state index in [9.17, 15) is 4.79 Å². The maximum absolute atomic E-state index is 14.0. The first kappa shape index (κ1) is 17.7. The number of morpholine rings is 1. The lowest BCUT2D eigenvalue weighted by Crippen LogP contribution is -2.55. The minimum atomic E-state index is -0.0738. The van der Waals surface area contributed by atoms with Crippen molar-refractivity contribution in [1.29, 1.82) is 0 Å². The van der Waals surface area contributed by atoms with Gasteiger partial charge < -0.3 is 9.64 Å². The third-order valence-electron chi connectivity index (χ3n) is 7.55. The van der Waals surface area contributed by atoms with E-state index in [0.29, 0.717) is 5.91 Å². The van der Waals surface area contributed by atoms with Crippen LogP contribution in [0.15, 0.2) is 30.3 Å². The molecule has 1 saturated heterocycles. The third kappa shape index (κ3) is 3.42. The van der Waals surface area contributed by atoms with E-state index in [-0.39, 0.29) is 5.41 Å². The number of rotatable bonds is 5. The summed E-state index contributed by atoms with van der Waals surface area (Å²) in [5.41, 5.74) is 1.00. The van der Waals surface area contributed by atoms with Crippen LogP contribution in [0.4, 0.5) is 5.69 Å². The smallest absolute Gasteiger partial charge is 0.233 e. The summed E-state index contributed by atoms with van der Waals surface area (Å²) in [4.78, 5) is 18.5. The van der Waals surface area contributed by atoms with Crippen LogP contribution in [0.2, 0.25) is 0 Å². The van der Waals surface area contributed by atoms with Gasteiger partial charge in [0.25, 0.3) is 0 Å². The number of hydrogen-bond donors (Lipinski definition) is 0. The number of para-hydroxylation sites is 1. The number of anilines is 1. The molecule has 146 valence electrons. The van der Waals surface area contributed by atoms with E-state index in [1.807, 2.05) is 6.07 Å². The molecule has 6 rings (SSSR count). The van der Waals surface area contributed by atoms with Gasteiger partial charge in [0, 0.05) is 31.9 Å². The topological polar surface area (TPSA) is 32.8 Å². The summed E-state index contributed by atoms with van der Waals surface area (Å²) in [6.45, 7) is 5.33. The van der Waals surface area contributed by atoms with E-state index in [4.69, 9.17) is 4.74 Å². The average Bonchev–Trinajstić information content (AvgIpc) is 2.69. The third-order valence-corrected chi connectivity index (χ3v) is 7.55. The molecule has 0 spiro atoms. The van der Waals surface area contributed by atoms with E-state index in [1.54, 1.807) is 0 Å². The van der Waals surface area contributed by atoms with E-state index in [0.717, 1.165) is 82.1 Å². The molecule has 27 heavy (non-hydrogen) atoms. The Morgan fingerprint density at radius 2 is 1.59 bits per heavy atom. The molecular formula is C23H32N2O2. The minimum absolute atomic E-state index is 0.0738. The summed E-state index contributed by atoms with van der Waals surface area (Å²) in [6, 6.07) is 10.4. The number of hydrogen-bond acceptors (Lipinski definition) is 3. The molecule has 4 aliphatic carbocycles. The van der Waals surface area contributed by atoms with E-state index in [1.165, 1.54) is 19.3 Å². The summed E-state index contributed by atoms with van der Waals surface area (Å²) < 4.78 is 5.48. The fourth-order valence-electron chi connectivity index (χ4n) is 6.68.